The third-order valence-electron chi connectivity index (χ3n) is 3.37. The van der Waals surface area contributed by atoms with Crippen LogP contribution >= 0.6 is 23.2 Å². The Balaban J connectivity index is 2.05. The molecule has 2 N–H and O–H groups in total. The fourth-order valence-corrected chi connectivity index (χ4v) is 2.54. The fraction of sp³-hybridized carbons (Fsp3) is 0.176. The molecule has 0 aliphatic rings. The van der Waals surface area contributed by atoms with Gasteiger partial charge >= 0.3 is 5.97 Å². The van der Waals surface area contributed by atoms with Crippen LogP contribution < -0.4 is 5.32 Å². The van der Waals surface area contributed by atoms with Crippen LogP contribution in [0.15, 0.2) is 36.4 Å². The normalized spacial score (nSPS) is 10.3. The molecule has 0 spiro atoms. The summed E-state index contributed by atoms with van der Waals surface area (Å²) in [5.41, 5.74) is 0.875. The van der Waals surface area contributed by atoms with Crippen molar-refractivity contribution in [3.05, 3.63) is 57.6 Å². The highest BCUT2D eigenvalue weighted by Gasteiger charge is 2.16. The van der Waals surface area contributed by atoms with Gasteiger partial charge < -0.3 is 15.2 Å². The molecule has 0 aromatic heterocycles. The second-order valence-corrected chi connectivity index (χ2v) is 5.74. The van der Waals surface area contributed by atoms with E-state index in [-0.39, 0.29) is 29.3 Å². The molecule has 2 rings (SSSR count). The summed E-state index contributed by atoms with van der Waals surface area (Å²) in [7, 11) is 1.21. The number of phenols is 1. The van der Waals surface area contributed by atoms with Crippen molar-refractivity contribution in [3.8, 4) is 5.75 Å². The van der Waals surface area contributed by atoms with Crippen molar-refractivity contribution < 1.29 is 19.4 Å². The predicted molar refractivity (Wildman–Crippen MR) is 92.9 cm³/mol. The quantitative estimate of drug-likeness (QED) is 0.617. The Morgan fingerprint density at radius 3 is 2.58 bits per heavy atom. The number of aromatic hydroxyl groups is 1. The van der Waals surface area contributed by atoms with E-state index in [1.807, 2.05) is 0 Å². The van der Waals surface area contributed by atoms with Gasteiger partial charge in [-0.1, -0.05) is 41.4 Å². The van der Waals surface area contributed by atoms with E-state index in [0.29, 0.717) is 16.5 Å². The molecule has 126 valence electrons. The number of phenolic OH excluding ortho intramolecular Hbond substituents is 1. The molecule has 0 saturated heterocycles. The van der Waals surface area contributed by atoms with Crippen molar-refractivity contribution in [1.82, 2.24) is 0 Å². The van der Waals surface area contributed by atoms with Gasteiger partial charge in [-0.3, -0.25) is 4.79 Å². The number of hydrogen-bond acceptors (Lipinski definition) is 4. The number of carbonyl (C=O) groups is 2. The average molecular weight is 368 g/mol. The molecule has 0 fully saturated rings. The number of aryl methyl sites for hydroxylation is 1. The number of hydrogen-bond donors (Lipinski definition) is 2. The molecule has 0 bridgehead atoms. The first-order chi connectivity index (χ1) is 11.4. The van der Waals surface area contributed by atoms with Crippen LogP contribution in [0.4, 0.5) is 5.69 Å². The summed E-state index contributed by atoms with van der Waals surface area (Å²) in [6.45, 7) is 0. The largest absolute Gasteiger partial charge is 0.505 e. The van der Waals surface area contributed by atoms with E-state index in [2.05, 4.69) is 10.1 Å². The second kappa shape index (κ2) is 8.04. The molecule has 5 nitrogen and oxygen atoms in total. The molecule has 0 saturated carbocycles. The van der Waals surface area contributed by atoms with E-state index < -0.39 is 5.97 Å². The zero-order chi connectivity index (χ0) is 17.7. The van der Waals surface area contributed by atoms with Crippen LogP contribution in [0.25, 0.3) is 0 Å². The van der Waals surface area contributed by atoms with E-state index in [4.69, 9.17) is 23.2 Å². The monoisotopic (exact) mass is 367 g/mol. The maximum Gasteiger partial charge on any atom is 0.341 e. The molecule has 0 atom stereocenters. The van der Waals surface area contributed by atoms with E-state index >= 15 is 0 Å². The van der Waals surface area contributed by atoms with E-state index in [9.17, 15) is 14.7 Å². The second-order valence-electron chi connectivity index (χ2n) is 4.95. The highest BCUT2D eigenvalue weighted by molar-refractivity contribution is 6.42. The van der Waals surface area contributed by atoms with Gasteiger partial charge in [-0.2, -0.15) is 0 Å². The Kier molecular flexibility index (Phi) is 6.06. The van der Waals surface area contributed by atoms with E-state index in [1.54, 1.807) is 18.2 Å². The van der Waals surface area contributed by atoms with Crippen LogP contribution in [-0.4, -0.2) is 24.1 Å². The lowest BCUT2D eigenvalue weighted by Gasteiger charge is -2.10. The molecule has 0 heterocycles. The summed E-state index contributed by atoms with van der Waals surface area (Å²) in [6, 6.07) is 9.65. The Bertz CT molecular complexity index is 777. The van der Waals surface area contributed by atoms with Crippen molar-refractivity contribution in [3.63, 3.8) is 0 Å². The first-order valence-electron chi connectivity index (χ1n) is 7.07. The number of nitrogens with one attached hydrogen (secondary N) is 1. The summed E-state index contributed by atoms with van der Waals surface area (Å²) in [4.78, 5) is 23.6. The number of halogens is 2. The van der Waals surface area contributed by atoms with Crippen LogP contribution in [0.3, 0.4) is 0 Å². The van der Waals surface area contributed by atoms with Crippen LogP contribution in [0.1, 0.15) is 22.3 Å². The van der Waals surface area contributed by atoms with Crippen LogP contribution in [0, 0.1) is 0 Å². The Morgan fingerprint density at radius 1 is 1.17 bits per heavy atom. The smallest absolute Gasteiger partial charge is 0.341 e. The molecule has 24 heavy (non-hydrogen) atoms. The molecule has 0 radical (unpaired) electrons. The molecule has 0 aliphatic carbocycles. The lowest BCUT2D eigenvalue weighted by molar-refractivity contribution is -0.116. The van der Waals surface area contributed by atoms with Gasteiger partial charge in [-0.05, 0) is 30.2 Å². The summed E-state index contributed by atoms with van der Waals surface area (Å²) in [5, 5.41) is 13.5. The standard InChI is InChI=1S/C17H15Cl2NO4/c1-24-17(23)11-5-3-7-13(16(11)22)20-14(21)9-8-10-4-2-6-12(18)15(10)19/h2-7,22H,8-9H2,1H3,(H,20,21). The summed E-state index contributed by atoms with van der Waals surface area (Å²) < 4.78 is 4.57. The minimum Gasteiger partial charge on any atom is -0.505 e. The van der Waals surface area contributed by atoms with Gasteiger partial charge in [0.1, 0.15) is 5.56 Å². The summed E-state index contributed by atoms with van der Waals surface area (Å²) >= 11 is 12.0. The number of methoxy groups -OCH3 is 1. The SMILES string of the molecule is COC(=O)c1cccc(NC(=O)CCc2cccc(Cl)c2Cl)c1O. The van der Waals surface area contributed by atoms with Crippen molar-refractivity contribution >= 4 is 40.8 Å². The van der Waals surface area contributed by atoms with Gasteiger partial charge in [-0.25, -0.2) is 4.79 Å². The first-order valence-corrected chi connectivity index (χ1v) is 7.82. The summed E-state index contributed by atoms with van der Waals surface area (Å²) in [5.74, 6) is -1.35. The highest BCUT2D eigenvalue weighted by Crippen LogP contribution is 2.29. The number of carbonyl (C=O) groups excluding carboxylic acids is 2. The molecule has 2 aromatic carbocycles. The number of rotatable bonds is 5. The minimum atomic E-state index is -0.686. The van der Waals surface area contributed by atoms with Gasteiger partial charge in [0.05, 0.1) is 22.8 Å². The van der Waals surface area contributed by atoms with E-state index in [0.717, 1.165) is 5.56 Å². The molecule has 0 unspecified atom stereocenters. The van der Waals surface area contributed by atoms with Crippen molar-refractivity contribution in [2.75, 3.05) is 12.4 Å². The van der Waals surface area contributed by atoms with Crippen molar-refractivity contribution in [1.29, 1.82) is 0 Å². The summed E-state index contributed by atoms with van der Waals surface area (Å²) in [6.07, 6.45) is 0.532. The number of para-hydroxylation sites is 1. The van der Waals surface area contributed by atoms with E-state index in [1.165, 1.54) is 25.3 Å². The molecule has 2 aromatic rings. The molecule has 1 amide bonds. The topological polar surface area (TPSA) is 75.6 Å². The third-order valence-corrected chi connectivity index (χ3v) is 4.23. The van der Waals surface area contributed by atoms with Crippen LogP contribution in [0.5, 0.6) is 5.75 Å². The highest BCUT2D eigenvalue weighted by atomic mass is 35.5. The molecule has 7 heteroatoms. The maximum atomic E-state index is 12.1. The Hall–Kier alpha value is -2.24. The molecular formula is C17H15Cl2NO4. The number of esters is 1. The number of anilines is 1. The van der Waals surface area contributed by atoms with Crippen LogP contribution in [0.2, 0.25) is 10.0 Å². The zero-order valence-corrected chi connectivity index (χ0v) is 14.3. The van der Waals surface area contributed by atoms with Gasteiger partial charge in [0, 0.05) is 6.42 Å². The van der Waals surface area contributed by atoms with Gasteiger partial charge in [-0.15, -0.1) is 0 Å². The zero-order valence-electron chi connectivity index (χ0n) is 12.8. The fourth-order valence-electron chi connectivity index (χ4n) is 2.12. The lowest BCUT2D eigenvalue weighted by Crippen LogP contribution is -2.13. The lowest BCUT2D eigenvalue weighted by atomic mass is 10.1. The van der Waals surface area contributed by atoms with Gasteiger partial charge in [0.25, 0.3) is 0 Å². The third kappa shape index (κ3) is 4.19. The maximum absolute atomic E-state index is 12.1. The number of ether oxygens (including phenoxy) is 1. The number of amides is 1. The number of benzene rings is 2. The van der Waals surface area contributed by atoms with Gasteiger partial charge in [0.15, 0.2) is 5.75 Å². The van der Waals surface area contributed by atoms with Crippen molar-refractivity contribution in [2.24, 2.45) is 0 Å². The molecule has 0 aliphatic heterocycles. The van der Waals surface area contributed by atoms with Gasteiger partial charge in [0.2, 0.25) is 5.91 Å². The average Bonchev–Trinajstić information content (AvgIpc) is 2.57. The predicted octanol–water partition coefficient (Wildman–Crippen LogP) is 4.06. The van der Waals surface area contributed by atoms with Crippen molar-refractivity contribution in [2.45, 2.75) is 12.8 Å². The Labute approximate surface area is 149 Å². The van der Waals surface area contributed by atoms with Crippen LogP contribution in [-0.2, 0) is 16.0 Å². The minimum absolute atomic E-state index is 0.0202. The first kappa shape index (κ1) is 18.1. The Morgan fingerprint density at radius 2 is 1.88 bits per heavy atom. The molecular weight excluding hydrogens is 353 g/mol.